The van der Waals surface area contributed by atoms with Crippen LogP contribution in [0.4, 0.5) is 0 Å². The summed E-state index contributed by atoms with van der Waals surface area (Å²) in [6, 6.07) is 29.0. The summed E-state index contributed by atoms with van der Waals surface area (Å²) in [4.78, 5) is 47.4. The quantitative estimate of drug-likeness (QED) is 0.252. The van der Waals surface area contributed by atoms with Crippen molar-refractivity contribution in [1.82, 2.24) is 0 Å². The average Bonchev–Trinajstić information content (AvgIpc) is 2.86. The second kappa shape index (κ2) is 9.57. The van der Waals surface area contributed by atoms with E-state index in [-0.39, 0.29) is 11.1 Å². The summed E-state index contributed by atoms with van der Waals surface area (Å²) in [5, 5.41) is 1.50. The molecule has 0 radical (unpaired) electrons. The zero-order chi connectivity index (χ0) is 22.3. The zero-order valence-electron chi connectivity index (χ0n) is 16.8. The summed E-state index contributed by atoms with van der Waals surface area (Å²) in [6.45, 7) is 0. The molecule has 0 aliphatic carbocycles. The summed E-state index contributed by atoms with van der Waals surface area (Å²) in [7, 11) is 0. The van der Waals surface area contributed by atoms with Crippen molar-refractivity contribution in [2.75, 3.05) is 0 Å². The van der Waals surface area contributed by atoms with Crippen LogP contribution in [0.5, 0.6) is 0 Å². The Balaban J connectivity index is 1.51. The highest BCUT2D eigenvalue weighted by Gasteiger charge is 2.29. The van der Waals surface area contributed by atoms with Crippen molar-refractivity contribution in [2.24, 2.45) is 0 Å². The number of rotatable bonds is 5. The van der Waals surface area contributed by atoms with Crippen molar-refractivity contribution >= 4 is 28.7 Å². The highest BCUT2D eigenvalue weighted by Crippen LogP contribution is 2.23. The number of benzene rings is 4. The standard InChI is InChI=1S/C26H18O6/c27-24(20-13-5-2-6-14-20)30-23(19-11-3-1-4-12-19)26(29)32-31-25(28)22-17-9-15-18-10-7-8-16-21(18)22/h1-17,23H. The largest absolute Gasteiger partial charge is 0.442 e. The first-order valence-electron chi connectivity index (χ1n) is 9.85. The molecule has 158 valence electrons. The van der Waals surface area contributed by atoms with Gasteiger partial charge in [0.1, 0.15) is 0 Å². The van der Waals surface area contributed by atoms with Crippen molar-refractivity contribution in [3.63, 3.8) is 0 Å². The first-order valence-corrected chi connectivity index (χ1v) is 9.85. The molecule has 1 atom stereocenters. The highest BCUT2D eigenvalue weighted by atomic mass is 17.2. The van der Waals surface area contributed by atoms with Gasteiger partial charge in [-0.3, -0.25) is 0 Å². The smallest absolute Gasteiger partial charge is 0.400 e. The predicted octanol–water partition coefficient (Wildman–Crippen LogP) is 5.05. The summed E-state index contributed by atoms with van der Waals surface area (Å²) in [6.07, 6.45) is -1.41. The maximum atomic E-state index is 12.7. The molecule has 1 unspecified atom stereocenters. The number of hydrogen-bond acceptors (Lipinski definition) is 6. The van der Waals surface area contributed by atoms with Crippen LogP contribution in [0.15, 0.2) is 103 Å². The van der Waals surface area contributed by atoms with Crippen LogP contribution in [0, 0.1) is 0 Å². The van der Waals surface area contributed by atoms with E-state index >= 15 is 0 Å². The molecular formula is C26H18O6. The van der Waals surface area contributed by atoms with E-state index in [4.69, 9.17) is 14.5 Å². The van der Waals surface area contributed by atoms with E-state index in [1.165, 1.54) is 0 Å². The lowest BCUT2D eigenvalue weighted by molar-refractivity contribution is -0.242. The molecule has 6 nitrogen and oxygen atoms in total. The molecule has 0 aliphatic rings. The maximum Gasteiger partial charge on any atom is 0.400 e. The van der Waals surface area contributed by atoms with Gasteiger partial charge in [-0.15, -0.1) is 0 Å². The van der Waals surface area contributed by atoms with Gasteiger partial charge in [-0.25, -0.2) is 24.2 Å². The van der Waals surface area contributed by atoms with Crippen LogP contribution >= 0.6 is 0 Å². The number of carbonyl (C=O) groups is 3. The van der Waals surface area contributed by atoms with Crippen molar-refractivity contribution in [3.05, 3.63) is 120 Å². The normalized spacial score (nSPS) is 11.4. The lowest BCUT2D eigenvalue weighted by Crippen LogP contribution is -2.23. The Morgan fingerprint density at radius 1 is 0.594 bits per heavy atom. The summed E-state index contributed by atoms with van der Waals surface area (Å²) in [5.41, 5.74) is 0.894. The van der Waals surface area contributed by atoms with Crippen LogP contribution in [-0.4, -0.2) is 17.9 Å². The number of fused-ring (bicyclic) bond motifs is 1. The fourth-order valence-electron chi connectivity index (χ4n) is 3.20. The fraction of sp³-hybridized carbons (Fsp3) is 0.0385. The van der Waals surface area contributed by atoms with Gasteiger partial charge >= 0.3 is 17.9 Å². The van der Waals surface area contributed by atoms with Crippen LogP contribution in [0.2, 0.25) is 0 Å². The Bertz CT molecular complexity index is 1250. The lowest BCUT2D eigenvalue weighted by Gasteiger charge is -2.16. The number of hydrogen-bond donors (Lipinski definition) is 0. The molecule has 4 aromatic rings. The molecule has 0 fully saturated rings. The van der Waals surface area contributed by atoms with Gasteiger partial charge in [0.15, 0.2) is 0 Å². The van der Waals surface area contributed by atoms with Crippen LogP contribution in [-0.2, 0) is 19.3 Å². The van der Waals surface area contributed by atoms with Crippen LogP contribution in [0.3, 0.4) is 0 Å². The molecule has 0 aliphatic heterocycles. The van der Waals surface area contributed by atoms with Gasteiger partial charge in [0.2, 0.25) is 6.10 Å². The zero-order valence-corrected chi connectivity index (χ0v) is 16.8. The van der Waals surface area contributed by atoms with Gasteiger partial charge in [-0.1, -0.05) is 84.9 Å². The topological polar surface area (TPSA) is 78.9 Å². The molecule has 0 spiro atoms. The predicted molar refractivity (Wildman–Crippen MR) is 116 cm³/mol. The minimum Gasteiger partial charge on any atom is -0.442 e. The van der Waals surface area contributed by atoms with Gasteiger partial charge in [-0.05, 0) is 29.0 Å². The third kappa shape index (κ3) is 4.65. The number of carbonyl (C=O) groups excluding carboxylic acids is 3. The minimum atomic E-state index is -1.41. The van der Waals surface area contributed by atoms with E-state index in [0.717, 1.165) is 5.39 Å². The van der Waals surface area contributed by atoms with Gasteiger partial charge in [0, 0.05) is 5.56 Å². The summed E-state index contributed by atoms with van der Waals surface area (Å²) < 4.78 is 5.39. The molecule has 6 heteroatoms. The second-order valence-electron chi connectivity index (χ2n) is 6.86. The SMILES string of the molecule is O=C(OC(C(=O)OOC(=O)c1cccc2ccccc12)c1ccccc1)c1ccccc1. The fourth-order valence-corrected chi connectivity index (χ4v) is 3.20. The molecule has 4 aromatic carbocycles. The Kier molecular flexibility index (Phi) is 6.22. The second-order valence-corrected chi connectivity index (χ2v) is 6.86. The van der Waals surface area contributed by atoms with Gasteiger partial charge in [-0.2, -0.15) is 0 Å². The lowest BCUT2D eigenvalue weighted by atomic mass is 10.1. The van der Waals surface area contributed by atoms with E-state index in [2.05, 4.69) is 0 Å². The van der Waals surface area contributed by atoms with Gasteiger partial charge < -0.3 is 4.74 Å². The van der Waals surface area contributed by atoms with Crippen LogP contribution in [0.1, 0.15) is 32.4 Å². The van der Waals surface area contributed by atoms with E-state index < -0.39 is 24.0 Å². The molecule has 4 rings (SSSR count). The monoisotopic (exact) mass is 426 g/mol. The van der Waals surface area contributed by atoms with E-state index in [9.17, 15) is 14.4 Å². The van der Waals surface area contributed by atoms with Crippen LogP contribution in [0.25, 0.3) is 10.8 Å². The highest BCUT2D eigenvalue weighted by molar-refractivity contribution is 6.04. The van der Waals surface area contributed by atoms with Crippen LogP contribution < -0.4 is 0 Å². The van der Waals surface area contributed by atoms with Gasteiger partial charge in [0.05, 0.1) is 11.1 Å². The first-order chi connectivity index (χ1) is 15.6. The molecule has 0 heterocycles. The minimum absolute atomic E-state index is 0.244. The summed E-state index contributed by atoms with van der Waals surface area (Å²) >= 11 is 0. The van der Waals surface area contributed by atoms with E-state index in [1.54, 1.807) is 84.9 Å². The summed E-state index contributed by atoms with van der Waals surface area (Å²) in [5.74, 6) is -2.58. The molecule has 0 saturated heterocycles. The average molecular weight is 426 g/mol. The third-order valence-electron chi connectivity index (χ3n) is 4.76. The molecule has 0 aromatic heterocycles. The van der Waals surface area contributed by atoms with Crippen molar-refractivity contribution in [3.8, 4) is 0 Å². The molecule has 0 amide bonds. The molecule has 32 heavy (non-hydrogen) atoms. The number of esters is 1. The molecular weight excluding hydrogens is 408 g/mol. The maximum absolute atomic E-state index is 12.7. The van der Waals surface area contributed by atoms with E-state index in [0.29, 0.717) is 10.9 Å². The van der Waals surface area contributed by atoms with Crippen molar-refractivity contribution < 1.29 is 28.9 Å². The molecule has 0 N–H and O–H groups in total. The van der Waals surface area contributed by atoms with E-state index in [1.807, 2.05) is 18.2 Å². The third-order valence-corrected chi connectivity index (χ3v) is 4.76. The Hall–Kier alpha value is -4.45. The Labute approximate surface area is 183 Å². The number of ether oxygens (including phenoxy) is 1. The Morgan fingerprint density at radius 3 is 1.97 bits per heavy atom. The van der Waals surface area contributed by atoms with Gasteiger partial charge in [0.25, 0.3) is 0 Å². The van der Waals surface area contributed by atoms with Crippen molar-refractivity contribution in [2.45, 2.75) is 6.10 Å². The Morgan fingerprint density at radius 2 is 1.22 bits per heavy atom. The van der Waals surface area contributed by atoms with Crippen molar-refractivity contribution in [1.29, 1.82) is 0 Å². The molecule has 0 saturated carbocycles. The first kappa shape index (κ1) is 20.8. The molecule has 0 bridgehead atoms.